The van der Waals surface area contributed by atoms with Crippen LogP contribution >= 0.6 is 22.6 Å². The number of rotatable bonds is 1. The molecule has 1 nitrogen and oxygen atoms in total. The van der Waals surface area contributed by atoms with Gasteiger partial charge in [-0.3, -0.25) is 0 Å². The van der Waals surface area contributed by atoms with Crippen molar-refractivity contribution < 1.29 is 0 Å². The minimum absolute atomic E-state index is 0.517. The fraction of sp³-hybridized carbons (Fsp3) is 0.300. The molecule has 0 N–H and O–H groups in total. The maximum Gasteiger partial charge on any atom is 0.0669 e. The average Bonchev–Trinajstić information content (AvgIpc) is 2.00. The Labute approximate surface area is 86.5 Å². The van der Waals surface area contributed by atoms with Gasteiger partial charge < -0.3 is 0 Å². The summed E-state index contributed by atoms with van der Waals surface area (Å²) in [4.78, 5) is 0. The number of hydrogen-bond donors (Lipinski definition) is 0. The maximum atomic E-state index is 8.57. The van der Waals surface area contributed by atoms with E-state index in [9.17, 15) is 0 Å². The Hall–Kier alpha value is -0.560. The van der Waals surface area contributed by atoms with E-state index in [1.807, 2.05) is 0 Å². The zero-order valence-corrected chi connectivity index (χ0v) is 9.34. The van der Waals surface area contributed by atoms with E-state index in [1.54, 1.807) is 0 Å². The molecule has 0 amide bonds. The van der Waals surface area contributed by atoms with Gasteiger partial charge in [0.25, 0.3) is 0 Å². The van der Waals surface area contributed by atoms with Crippen LogP contribution in [0, 0.1) is 28.7 Å². The summed E-state index contributed by atoms with van der Waals surface area (Å²) in [6.45, 7) is 4.12. The number of nitriles is 1. The van der Waals surface area contributed by atoms with Gasteiger partial charge in [-0.05, 0) is 59.2 Å². The quantitative estimate of drug-likeness (QED) is 0.720. The summed E-state index contributed by atoms with van der Waals surface area (Å²) in [7, 11) is 0. The highest BCUT2D eigenvalue weighted by molar-refractivity contribution is 14.1. The smallest absolute Gasteiger partial charge is 0.0669 e. The van der Waals surface area contributed by atoms with Gasteiger partial charge in [0, 0.05) is 3.57 Å². The molecular weight excluding hydrogens is 261 g/mol. The van der Waals surface area contributed by atoms with Crippen LogP contribution in [0.1, 0.15) is 16.7 Å². The van der Waals surface area contributed by atoms with Gasteiger partial charge in [-0.2, -0.15) is 5.26 Å². The van der Waals surface area contributed by atoms with Crippen molar-refractivity contribution in [1.29, 1.82) is 5.26 Å². The van der Waals surface area contributed by atoms with E-state index in [0.717, 1.165) is 5.56 Å². The standard InChI is InChI=1S/C10H10IN/c1-7-5-9(3-4-12)8(2)10(11)6-7/h5-6H,3H2,1-2H3. The first-order valence-corrected chi connectivity index (χ1v) is 4.85. The Morgan fingerprint density at radius 2 is 2.08 bits per heavy atom. The highest BCUT2D eigenvalue weighted by Crippen LogP contribution is 2.18. The molecular formula is C10H10IN. The molecule has 12 heavy (non-hydrogen) atoms. The number of aryl methyl sites for hydroxylation is 1. The van der Waals surface area contributed by atoms with E-state index >= 15 is 0 Å². The Kier molecular flexibility index (Phi) is 3.10. The molecule has 62 valence electrons. The summed E-state index contributed by atoms with van der Waals surface area (Å²) >= 11 is 2.31. The number of nitrogens with zero attached hydrogens (tertiary/aromatic N) is 1. The predicted octanol–water partition coefficient (Wildman–Crippen LogP) is 2.97. The van der Waals surface area contributed by atoms with Crippen LogP contribution in [0.15, 0.2) is 12.1 Å². The molecule has 2 heteroatoms. The lowest BCUT2D eigenvalue weighted by Gasteiger charge is -2.05. The third-order valence-electron chi connectivity index (χ3n) is 1.87. The first kappa shape index (κ1) is 9.53. The van der Waals surface area contributed by atoms with Crippen LogP contribution in [-0.4, -0.2) is 0 Å². The highest BCUT2D eigenvalue weighted by Gasteiger charge is 2.02. The van der Waals surface area contributed by atoms with Gasteiger partial charge in [0.1, 0.15) is 0 Å². The molecule has 0 bridgehead atoms. The van der Waals surface area contributed by atoms with Crippen molar-refractivity contribution in [3.63, 3.8) is 0 Å². The van der Waals surface area contributed by atoms with Crippen LogP contribution in [-0.2, 0) is 6.42 Å². The molecule has 0 aliphatic heterocycles. The second-order valence-corrected chi connectivity index (χ2v) is 4.03. The highest BCUT2D eigenvalue weighted by atomic mass is 127. The van der Waals surface area contributed by atoms with Crippen LogP contribution in [0.4, 0.5) is 0 Å². The van der Waals surface area contributed by atoms with Gasteiger partial charge in [-0.25, -0.2) is 0 Å². The minimum atomic E-state index is 0.517. The summed E-state index contributed by atoms with van der Waals surface area (Å²) in [5.41, 5.74) is 3.62. The monoisotopic (exact) mass is 271 g/mol. The van der Waals surface area contributed by atoms with Crippen molar-refractivity contribution in [3.05, 3.63) is 32.4 Å². The molecule has 0 aliphatic carbocycles. The van der Waals surface area contributed by atoms with Gasteiger partial charge in [-0.15, -0.1) is 0 Å². The molecule has 1 aromatic carbocycles. The Balaban J connectivity index is 3.20. The Morgan fingerprint density at radius 3 is 2.67 bits per heavy atom. The summed E-state index contributed by atoms with van der Waals surface area (Å²) in [5, 5.41) is 8.57. The van der Waals surface area contributed by atoms with E-state index in [-0.39, 0.29) is 0 Å². The molecule has 0 aliphatic rings. The largest absolute Gasteiger partial charge is 0.198 e. The van der Waals surface area contributed by atoms with Crippen molar-refractivity contribution in [2.75, 3.05) is 0 Å². The normalized spacial score (nSPS) is 9.50. The molecule has 0 spiro atoms. The molecule has 0 radical (unpaired) electrons. The fourth-order valence-corrected chi connectivity index (χ4v) is 1.99. The first-order chi connectivity index (χ1) is 5.65. The van der Waals surface area contributed by atoms with Crippen molar-refractivity contribution in [2.45, 2.75) is 20.3 Å². The van der Waals surface area contributed by atoms with E-state index in [2.05, 4.69) is 54.6 Å². The van der Waals surface area contributed by atoms with Crippen molar-refractivity contribution in [1.82, 2.24) is 0 Å². The van der Waals surface area contributed by atoms with Crippen LogP contribution < -0.4 is 0 Å². The van der Waals surface area contributed by atoms with Gasteiger partial charge in [0.2, 0.25) is 0 Å². The van der Waals surface area contributed by atoms with E-state index in [1.165, 1.54) is 14.7 Å². The fourth-order valence-electron chi connectivity index (χ4n) is 1.16. The Bertz CT molecular complexity index is 336. The SMILES string of the molecule is Cc1cc(I)c(C)c(CC#N)c1. The van der Waals surface area contributed by atoms with Crippen molar-refractivity contribution in [3.8, 4) is 6.07 Å². The van der Waals surface area contributed by atoms with Crippen molar-refractivity contribution in [2.24, 2.45) is 0 Å². The van der Waals surface area contributed by atoms with E-state index < -0.39 is 0 Å². The van der Waals surface area contributed by atoms with Gasteiger partial charge in [0.15, 0.2) is 0 Å². The van der Waals surface area contributed by atoms with Crippen LogP contribution in [0.25, 0.3) is 0 Å². The van der Waals surface area contributed by atoms with Gasteiger partial charge in [-0.1, -0.05) is 6.07 Å². The lowest BCUT2D eigenvalue weighted by atomic mass is 10.0. The molecule has 0 saturated carbocycles. The molecule has 0 heterocycles. The minimum Gasteiger partial charge on any atom is -0.198 e. The maximum absolute atomic E-state index is 8.57. The third kappa shape index (κ3) is 1.98. The van der Waals surface area contributed by atoms with Crippen LogP contribution in [0.3, 0.4) is 0 Å². The molecule has 0 atom stereocenters. The molecule has 0 unspecified atom stereocenters. The number of benzene rings is 1. The van der Waals surface area contributed by atoms with Gasteiger partial charge >= 0.3 is 0 Å². The van der Waals surface area contributed by atoms with Crippen LogP contribution in [0.2, 0.25) is 0 Å². The number of hydrogen-bond acceptors (Lipinski definition) is 1. The molecule has 1 rings (SSSR count). The van der Waals surface area contributed by atoms with Crippen LogP contribution in [0.5, 0.6) is 0 Å². The summed E-state index contributed by atoms with van der Waals surface area (Å²) in [5.74, 6) is 0. The number of halogens is 1. The lowest BCUT2D eigenvalue weighted by Crippen LogP contribution is -1.92. The molecule has 0 fully saturated rings. The Morgan fingerprint density at radius 1 is 1.42 bits per heavy atom. The van der Waals surface area contributed by atoms with E-state index in [0.29, 0.717) is 6.42 Å². The summed E-state index contributed by atoms with van der Waals surface area (Å²) in [6.07, 6.45) is 0.517. The van der Waals surface area contributed by atoms with Crippen molar-refractivity contribution >= 4 is 22.6 Å². The summed E-state index contributed by atoms with van der Waals surface area (Å²) in [6, 6.07) is 6.40. The molecule has 0 aromatic heterocycles. The lowest BCUT2D eigenvalue weighted by molar-refractivity contribution is 1.18. The predicted molar refractivity (Wildman–Crippen MR) is 58.0 cm³/mol. The molecule has 1 aromatic rings. The molecule has 0 saturated heterocycles. The first-order valence-electron chi connectivity index (χ1n) is 3.77. The average molecular weight is 271 g/mol. The second-order valence-electron chi connectivity index (χ2n) is 2.87. The second kappa shape index (κ2) is 3.90. The van der Waals surface area contributed by atoms with Gasteiger partial charge in [0.05, 0.1) is 12.5 Å². The third-order valence-corrected chi connectivity index (χ3v) is 2.99. The summed E-state index contributed by atoms with van der Waals surface area (Å²) < 4.78 is 1.25. The topological polar surface area (TPSA) is 23.8 Å². The zero-order valence-electron chi connectivity index (χ0n) is 7.19. The van der Waals surface area contributed by atoms with E-state index in [4.69, 9.17) is 5.26 Å². The zero-order chi connectivity index (χ0) is 9.14.